The first-order valence-electron chi connectivity index (χ1n) is 13.4. The molecule has 2 fully saturated rings. The number of nitrogens with zero attached hydrogens (tertiary/aromatic N) is 2. The van der Waals surface area contributed by atoms with Crippen molar-refractivity contribution in [1.29, 1.82) is 0 Å². The Morgan fingerprint density at radius 2 is 1.39 bits per heavy atom. The van der Waals surface area contributed by atoms with Crippen LogP contribution in [0.5, 0.6) is 0 Å². The average Bonchev–Trinajstić information content (AvgIpc) is 3.48. The number of hydrogen-bond donors (Lipinski definition) is 0. The molecule has 0 saturated carbocycles. The lowest BCUT2D eigenvalue weighted by Crippen LogP contribution is -2.46. The number of anilines is 1. The molecule has 3 heterocycles. The summed E-state index contributed by atoms with van der Waals surface area (Å²) in [6.45, 7) is 0. The predicted octanol–water partition coefficient (Wildman–Crippen LogP) is 5.87. The maximum atomic E-state index is 14.2. The van der Waals surface area contributed by atoms with Crippen molar-refractivity contribution in [3.63, 3.8) is 0 Å². The second kappa shape index (κ2) is 9.68. The van der Waals surface area contributed by atoms with Gasteiger partial charge in [0.25, 0.3) is 0 Å². The zero-order valence-corrected chi connectivity index (χ0v) is 22.4. The van der Waals surface area contributed by atoms with Crippen LogP contribution in [0.25, 0.3) is 10.8 Å². The highest BCUT2D eigenvalue weighted by molar-refractivity contribution is 6.31. The fraction of sp³-hybridized carbons (Fsp3) is 0.118. The van der Waals surface area contributed by atoms with Crippen molar-refractivity contribution in [2.75, 3.05) is 4.90 Å². The number of fused-ring (bicyclic) bond motifs is 4. The second-order valence-corrected chi connectivity index (χ2v) is 10.9. The SMILES string of the molecule is O=C(C1=CC2C3C(=O)N(c4cccc5ccccc45)C(=O)C3C(C(=O)c3ccc(Cl)cc3)N2C=C1)c1ccccc1. The second-order valence-electron chi connectivity index (χ2n) is 10.4. The van der Waals surface area contributed by atoms with Gasteiger partial charge in [-0.2, -0.15) is 0 Å². The van der Waals surface area contributed by atoms with Crippen LogP contribution in [0.2, 0.25) is 5.02 Å². The fourth-order valence-electron chi connectivity index (χ4n) is 6.38. The van der Waals surface area contributed by atoms with Crippen molar-refractivity contribution in [3.05, 3.63) is 137 Å². The van der Waals surface area contributed by atoms with Crippen LogP contribution in [-0.4, -0.2) is 40.4 Å². The van der Waals surface area contributed by atoms with E-state index in [9.17, 15) is 19.2 Å². The summed E-state index contributed by atoms with van der Waals surface area (Å²) < 4.78 is 0. The molecule has 0 aromatic heterocycles. The molecule has 0 spiro atoms. The number of allylic oxidation sites excluding steroid dienone is 2. The molecule has 3 aliphatic heterocycles. The van der Waals surface area contributed by atoms with Crippen molar-refractivity contribution in [2.45, 2.75) is 12.1 Å². The minimum absolute atomic E-state index is 0.187. The molecule has 7 rings (SSSR count). The van der Waals surface area contributed by atoms with E-state index in [-0.39, 0.29) is 17.5 Å². The number of hydrogen-bond acceptors (Lipinski definition) is 5. The molecule has 2 amide bonds. The van der Waals surface area contributed by atoms with Gasteiger partial charge in [-0.15, -0.1) is 0 Å². The minimum atomic E-state index is -0.929. The number of imide groups is 1. The summed E-state index contributed by atoms with van der Waals surface area (Å²) in [4.78, 5) is 58.8. The van der Waals surface area contributed by atoms with Gasteiger partial charge in [0.15, 0.2) is 11.6 Å². The van der Waals surface area contributed by atoms with Crippen molar-refractivity contribution >= 4 is 51.4 Å². The first kappa shape index (κ1) is 25.2. The van der Waals surface area contributed by atoms with Crippen LogP contribution in [0, 0.1) is 11.8 Å². The summed E-state index contributed by atoms with van der Waals surface area (Å²) in [5.74, 6) is -3.04. The number of rotatable bonds is 5. The molecule has 2 saturated heterocycles. The van der Waals surface area contributed by atoms with Gasteiger partial charge in [-0.3, -0.25) is 19.2 Å². The molecule has 7 heteroatoms. The third-order valence-corrected chi connectivity index (χ3v) is 8.50. The molecule has 4 unspecified atom stereocenters. The molecule has 0 aliphatic carbocycles. The lowest BCUT2D eigenvalue weighted by atomic mass is 9.85. The maximum Gasteiger partial charge on any atom is 0.240 e. The van der Waals surface area contributed by atoms with E-state index in [2.05, 4.69) is 0 Å². The highest BCUT2D eigenvalue weighted by atomic mass is 35.5. The summed E-state index contributed by atoms with van der Waals surface area (Å²) in [5.41, 5.74) is 1.82. The number of Topliss-reactive ketones (excluding diaryl/α,β-unsaturated/α-hetero) is 2. The molecule has 6 nitrogen and oxygen atoms in total. The molecule has 4 aromatic rings. The predicted molar refractivity (Wildman–Crippen MR) is 157 cm³/mol. The molecule has 0 radical (unpaired) electrons. The number of carbonyl (C=O) groups excluding carboxylic acids is 4. The van der Waals surface area contributed by atoms with Crippen LogP contribution >= 0.6 is 11.6 Å². The van der Waals surface area contributed by atoms with E-state index in [4.69, 9.17) is 11.6 Å². The molecule has 41 heavy (non-hydrogen) atoms. The molecular formula is C34H23ClN2O4. The third kappa shape index (κ3) is 3.94. The number of benzene rings is 4. The van der Waals surface area contributed by atoms with E-state index in [1.54, 1.807) is 77.8 Å². The Hall–Kier alpha value is -4.81. The summed E-state index contributed by atoms with van der Waals surface area (Å²) in [6.07, 6.45) is 5.08. The lowest BCUT2D eigenvalue weighted by molar-refractivity contribution is -0.123. The fourth-order valence-corrected chi connectivity index (χ4v) is 6.51. The van der Waals surface area contributed by atoms with Crippen molar-refractivity contribution in [3.8, 4) is 0 Å². The molecular weight excluding hydrogens is 536 g/mol. The Morgan fingerprint density at radius 1 is 0.707 bits per heavy atom. The van der Waals surface area contributed by atoms with Gasteiger partial charge in [-0.25, -0.2) is 4.90 Å². The summed E-state index contributed by atoms with van der Waals surface area (Å²) in [6, 6.07) is 26.9. The first-order chi connectivity index (χ1) is 19.9. The van der Waals surface area contributed by atoms with E-state index in [1.807, 2.05) is 42.5 Å². The van der Waals surface area contributed by atoms with E-state index in [0.29, 0.717) is 27.4 Å². The molecule has 4 atom stereocenters. The molecule has 0 bridgehead atoms. The summed E-state index contributed by atoms with van der Waals surface area (Å²) in [7, 11) is 0. The van der Waals surface area contributed by atoms with E-state index in [0.717, 1.165) is 10.8 Å². The van der Waals surface area contributed by atoms with Gasteiger partial charge >= 0.3 is 0 Å². The quantitative estimate of drug-likeness (QED) is 0.226. The number of ketones is 2. The molecule has 200 valence electrons. The Morgan fingerprint density at radius 3 is 2.17 bits per heavy atom. The summed E-state index contributed by atoms with van der Waals surface area (Å²) in [5, 5.41) is 2.16. The van der Waals surface area contributed by atoms with Gasteiger partial charge in [0, 0.05) is 33.3 Å². The standard InChI is InChI=1S/C34H23ClN2O4/c35-24-15-13-22(14-16-24)32(39)30-29-28(27-19-23(17-18-36(27)30)31(38)21-8-2-1-3-9-21)33(40)37(34(29)41)26-12-6-10-20-7-4-5-11-25(20)26/h1-19,27-30H. The Labute approximate surface area is 241 Å². The summed E-state index contributed by atoms with van der Waals surface area (Å²) >= 11 is 6.07. The Balaban J connectivity index is 1.34. The van der Waals surface area contributed by atoms with E-state index in [1.165, 1.54) is 4.90 Å². The number of halogens is 1. The zero-order chi connectivity index (χ0) is 28.2. The topological polar surface area (TPSA) is 74.8 Å². The van der Waals surface area contributed by atoms with Gasteiger partial charge < -0.3 is 4.90 Å². The number of carbonyl (C=O) groups is 4. The smallest absolute Gasteiger partial charge is 0.240 e. The Bertz CT molecular complexity index is 1810. The minimum Gasteiger partial charge on any atom is -0.359 e. The lowest BCUT2D eigenvalue weighted by Gasteiger charge is -2.33. The van der Waals surface area contributed by atoms with Crippen molar-refractivity contribution < 1.29 is 19.2 Å². The normalized spacial score (nSPS) is 23.0. The Kier molecular flexibility index (Phi) is 5.94. The number of amides is 2. The highest BCUT2D eigenvalue weighted by Gasteiger charge is 2.63. The van der Waals surface area contributed by atoms with Gasteiger partial charge in [0.05, 0.1) is 23.6 Å². The van der Waals surface area contributed by atoms with E-state index >= 15 is 0 Å². The largest absolute Gasteiger partial charge is 0.359 e. The van der Waals surface area contributed by atoms with Gasteiger partial charge in [-0.05, 0) is 41.8 Å². The van der Waals surface area contributed by atoms with Gasteiger partial charge in [0.2, 0.25) is 11.8 Å². The third-order valence-electron chi connectivity index (χ3n) is 8.25. The van der Waals surface area contributed by atoms with Gasteiger partial charge in [-0.1, -0.05) is 84.4 Å². The molecule has 0 N–H and O–H groups in total. The van der Waals surface area contributed by atoms with Gasteiger partial charge in [0.1, 0.15) is 6.04 Å². The zero-order valence-electron chi connectivity index (χ0n) is 21.7. The van der Waals surface area contributed by atoms with Crippen LogP contribution in [-0.2, 0) is 9.59 Å². The highest BCUT2D eigenvalue weighted by Crippen LogP contribution is 2.48. The van der Waals surface area contributed by atoms with Crippen LogP contribution in [0.15, 0.2) is 121 Å². The van der Waals surface area contributed by atoms with Crippen molar-refractivity contribution in [1.82, 2.24) is 4.90 Å². The average molecular weight is 559 g/mol. The molecule has 3 aliphatic rings. The van der Waals surface area contributed by atoms with Crippen LogP contribution < -0.4 is 4.90 Å². The molecule has 4 aromatic carbocycles. The monoisotopic (exact) mass is 558 g/mol. The van der Waals surface area contributed by atoms with Crippen molar-refractivity contribution in [2.24, 2.45) is 11.8 Å². The van der Waals surface area contributed by atoms with Crippen LogP contribution in [0.1, 0.15) is 20.7 Å². The maximum absolute atomic E-state index is 14.2. The van der Waals surface area contributed by atoms with E-state index < -0.39 is 29.8 Å². The first-order valence-corrected chi connectivity index (χ1v) is 13.7. The van der Waals surface area contributed by atoms with Crippen LogP contribution in [0.3, 0.4) is 0 Å². The van der Waals surface area contributed by atoms with Crippen LogP contribution in [0.4, 0.5) is 5.69 Å².